The van der Waals surface area contributed by atoms with Crippen molar-refractivity contribution in [3.05, 3.63) is 82.6 Å². The molecule has 0 unspecified atom stereocenters. The van der Waals surface area contributed by atoms with Crippen molar-refractivity contribution < 1.29 is 14.2 Å². The molecule has 3 aromatic carbocycles. The van der Waals surface area contributed by atoms with Crippen LogP contribution >= 0.6 is 23.2 Å². The highest BCUT2D eigenvalue weighted by Crippen LogP contribution is 2.29. The fourth-order valence-electron chi connectivity index (χ4n) is 3.20. The van der Waals surface area contributed by atoms with E-state index < -0.39 is 0 Å². The molecule has 1 heterocycles. The third kappa shape index (κ3) is 4.48. The molecule has 30 heavy (non-hydrogen) atoms. The highest BCUT2D eigenvalue weighted by atomic mass is 35.5. The number of benzene rings is 3. The first-order valence-corrected chi connectivity index (χ1v) is 10.2. The molecule has 0 amide bonds. The van der Waals surface area contributed by atoms with Gasteiger partial charge in [-0.15, -0.1) is 0 Å². The van der Waals surface area contributed by atoms with Crippen molar-refractivity contribution in [1.82, 2.24) is 9.55 Å². The molecule has 5 nitrogen and oxygen atoms in total. The van der Waals surface area contributed by atoms with E-state index >= 15 is 0 Å². The van der Waals surface area contributed by atoms with Gasteiger partial charge in [-0.2, -0.15) is 0 Å². The van der Waals surface area contributed by atoms with E-state index in [4.69, 9.17) is 42.4 Å². The average Bonchev–Trinajstić information content (AvgIpc) is 3.11. The van der Waals surface area contributed by atoms with Gasteiger partial charge in [-0.25, -0.2) is 4.98 Å². The number of halogens is 2. The van der Waals surface area contributed by atoms with Crippen molar-refractivity contribution >= 4 is 34.2 Å². The number of rotatable bonds is 8. The summed E-state index contributed by atoms with van der Waals surface area (Å²) in [6.45, 7) is 1.33. The van der Waals surface area contributed by atoms with Gasteiger partial charge < -0.3 is 18.8 Å². The van der Waals surface area contributed by atoms with E-state index in [0.717, 1.165) is 16.9 Å². The van der Waals surface area contributed by atoms with Crippen LogP contribution < -0.4 is 14.2 Å². The van der Waals surface area contributed by atoms with Crippen molar-refractivity contribution in [2.24, 2.45) is 0 Å². The molecule has 7 heteroatoms. The third-order valence-corrected chi connectivity index (χ3v) is 5.16. The topological polar surface area (TPSA) is 45.5 Å². The van der Waals surface area contributed by atoms with Crippen LogP contribution in [0.3, 0.4) is 0 Å². The van der Waals surface area contributed by atoms with Crippen LogP contribution in [0.1, 0.15) is 5.82 Å². The summed E-state index contributed by atoms with van der Waals surface area (Å²) in [5.74, 6) is 2.75. The van der Waals surface area contributed by atoms with Crippen LogP contribution in [0.25, 0.3) is 11.0 Å². The average molecular weight is 443 g/mol. The molecule has 0 spiro atoms. The number of nitrogens with zero attached hydrogens (tertiary/aromatic N) is 2. The van der Waals surface area contributed by atoms with Gasteiger partial charge in [0.25, 0.3) is 0 Å². The van der Waals surface area contributed by atoms with E-state index in [1.165, 1.54) is 0 Å². The van der Waals surface area contributed by atoms with Gasteiger partial charge in [0.05, 0.1) is 29.7 Å². The fraction of sp³-hybridized carbons (Fsp3) is 0.174. The molecule has 0 atom stereocenters. The van der Waals surface area contributed by atoms with E-state index in [2.05, 4.69) is 4.57 Å². The van der Waals surface area contributed by atoms with Crippen LogP contribution in [0.5, 0.6) is 17.2 Å². The van der Waals surface area contributed by atoms with E-state index in [1.54, 1.807) is 25.3 Å². The van der Waals surface area contributed by atoms with Gasteiger partial charge in [0.2, 0.25) is 0 Å². The Labute approximate surface area is 184 Å². The first-order valence-electron chi connectivity index (χ1n) is 9.43. The Morgan fingerprint density at radius 3 is 2.43 bits per heavy atom. The number of hydrogen-bond donors (Lipinski definition) is 0. The standard InChI is InChI=1S/C23H20Cl2N2O3/c1-28-21-8-4-5-9-22(21)29-13-12-27-19-7-3-2-6-18(19)26-23(27)15-30-20-11-10-16(24)14-17(20)25/h2-11,14H,12-13,15H2,1H3. The molecule has 0 saturated carbocycles. The molecule has 0 saturated heterocycles. The highest BCUT2D eigenvalue weighted by Gasteiger charge is 2.13. The van der Waals surface area contributed by atoms with Crippen molar-refractivity contribution in [3.63, 3.8) is 0 Å². The Hall–Kier alpha value is -2.89. The number of fused-ring (bicyclic) bond motifs is 1. The van der Waals surface area contributed by atoms with Crippen LogP contribution in [0.15, 0.2) is 66.7 Å². The number of methoxy groups -OCH3 is 1. The van der Waals surface area contributed by atoms with Gasteiger partial charge in [-0.3, -0.25) is 0 Å². The normalized spacial score (nSPS) is 10.9. The minimum Gasteiger partial charge on any atom is -0.493 e. The first kappa shape index (κ1) is 20.4. The predicted octanol–water partition coefficient (Wildman–Crippen LogP) is 6.01. The molecule has 0 fully saturated rings. The van der Waals surface area contributed by atoms with Crippen molar-refractivity contribution in [1.29, 1.82) is 0 Å². The number of aromatic nitrogens is 2. The van der Waals surface area contributed by atoms with Gasteiger partial charge in [0.15, 0.2) is 11.5 Å². The zero-order valence-electron chi connectivity index (χ0n) is 16.3. The van der Waals surface area contributed by atoms with Crippen molar-refractivity contribution in [3.8, 4) is 17.2 Å². The first-order chi connectivity index (χ1) is 14.7. The summed E-state index contributed by atoms with van der Waals surface area (Å²) in [5.41, 5.74) is 1.91. The van der Waals surface area contributed by atoms with Gasteiger partial charge in [0.1, 0.15) is 24.8 Å². The monoisotopic (exact) mass is 442 g/mol. The lowest BCUT2D eigenvalue weighted by Crippen LogP contribution is -2.13. The molecule has 1 aromatic heterocycles. The van der Waals surface area contributed by atoms with Gasteiger partial charge >= 0.3 is 0 Å². The molecular weight excluding hydrogens is 423 g/mol. The van der Waals surface area contributed by atoms with Crippen LogP contribution in [-0.4, -0.2) is 23.3 Å². The fourth-order valence-corrected chi connectivity index (χ4v) is 3.67. The number of ether oxygens (including phenoxy) is 3. The molecule has 0 aliphatic carbocycles. The second-order valence-corrected chi connectivity index (χ2v) is 7.37. The maximum Gasteiger partial charge on any atom is 0.161 e. The summed E-state index contributed by atoms with van der Waals surface area (Å²) in [7, 11) is 1.63. The van der Waals surface area contributed by atoms with Crippen molar-refractivity contribution in [2.45, 2.75) is 13.2 Å². The smallest absolute Gasteiger partial charge is 0.161 e. The molecule has 4 aromatic rings. The van der Waals surface area contributed by atoms with E-state index in [1.807, 2.05) is 48.5 Å². The largest absolute Gasteiger partial charge is 0.493 e. The summed E-state index contributed by atoms with van der Waals surface area (Å²) < 4.78 is 19.3. The Kier molecular flexibility index (Phi) is 6.31. The zero-order chi connectivity index (χ0) is 20.9. The van der Waals surface area contributed by atoms with E-state index in [9.17, 15) is 0 Å². The van der Waals surface area contributed by atoms with Crippen LogP contribution in [0, 0.1) is 0 Å². The second kappa shape index (κ2) is 9.28. The van der Waals surface area contributed by atoms with Gasteiger partial charge in [0, 0.05) is 5.02 Å². The lowest BCUT2D eigenvalue weighted by molar-refractivity contribution is 0.265. The molecular formula is C23H20Cl2N2O3. The summed E-state index contributed by atoms with van der Waals surface area (Å²) in [6.07, 6.45) is 0. The molecule has 0 aliphatic heterocycles. The second-order valence-electron chi connectivity index (χ2n) is 6.53. The van der Waals surface area contributed by atoms with Crippen LogP contribution in [-0.2, 0) is 13.2 Å². The quantitative estimate of drug-likeness (QED) is 0.335. The van der Waals surface area contributed by atoms with Gasteiger partial charge in [-0.05, 0) is 42.5 Å². The Bertz CT molecular complexity index is 1160. The maximum atomic E-state index is 6.23. The van der Waals surface area contributed by atoms with Crippen molar-refractivity contribution in [2.75, 3.05) is 13.7 Å². The molecule has 0 aliphatic rings. The highest BCUT2D eigenvalue weighted by molar-refractivity contribution is 6.35. The van der Waals surface area contributed by atoms with E-state index in [-0.39, 0.29) is 6.61 Å². The lowest BCUT2D eigenvalue weighted by Gasteiger charge is -2.13. The Balaban J connectivity index is 1.52. The van der Waals surface area contributed by atoms with E-state index in [0.29, 0.717) is 40.4 Å². The summed E-state index contributed by atoms with van der Waals surface area (Å²) in [4.78, 5) is 4.72. The number of imidazole rings is 1. The number of para-hydroxylation sites is 4. The summed E-state index contributed by atoms with van der Waals surface area (Å²) in [6, 6.07) is 20.7. The molecule has 154 valence electrons. The molecule has 0 N–H and O–H groups in total. The lowest BCUT2D eigenvalue weighted by atomic mass is 10.3. The minimum atomic E-state index is 0.269. The molecule has 0 radical (unpaired) electrons. The number of hydrogen-bond acceptors (Lipinski definition) is 4. The Morgan fingerprint density at radius 2 is 1.63 bits per heavy atom. The summed E-state index contributed by atoms with van der Waals surface area (Å²) in [5, 5.41) is 1.03. The Morgan fingerprint density at radius 1 is 0.867 bits per heavy atom. The van der Waals surface area contributed by atoms with Crippen LogP contribution in [0.4, 0.5) is 0 Å². The molecule has 0 bridgehead atoms. The zero-order valence-corrected chi connectivity index (χ0v) is 17.9. The molecule has 4 rings (SSSR count). The SMILES string of the molecule is COc1ccccc1OCCn1c(COc2ccc(Cl)cc2Cl)nc2ccccc21. The maximum absolute atomic E-state index is 6.23. The van der Waals surface area contributed by atoms with Gasteiger partial charge in [-0.1, -0.05) is 47.5 Å². The predicted molar refractivity (Wildman–Crippen MR) is 119 cm³/mol. The third-order valence-electron chi connectivity index (χ3n) is 4.63. The minimum absolute atomic E-state index is 0.269. The van der Waals surface area contributed by atoms with Crippen LogP contribution in [0.2, 0.25) is 10.0 Å². The summed E-state index contributed by atoms with van der Waals surface area (Å²) >= 11 is 12.2.